The van der Waals surface area contributed by atoms with Crippen molar-refractivity contribution in [2.45, 2.75) is 51.5 Å². The third kappa shape index (κ3) is 2.18. The first-order valence-electron chi connectivity index (χ1n) is 7.35. The van der Waals surface area contributed by atoms with E-state index in [2.05, 4.69) is 19.2 Å². The van der Waals surface area contributed by atoms with E-state index >= 15 is 0 Å². The summed E-state index contributed by atoms with van der Waals surface area (Å²) in [6.45, 7) is 4.22. The molecule has 3 aliphatic rings. The second kappa shape index (κ2) is 4.13. The molecule has 2 aliphatic carbocycles. The number of nitrogens with one attached hydrogen (secondary N) is 1. The predicted molar refractivity (Wildman–Crippen MR) is 72.4 cm³/mol. The molecule has 0 aromatic heterocycles. The van der Waals surface area contributed by atoms with E-state index < -0.39 is 5.54 Å². The summed E-state index contributed by atoms with van der Waals surface area (Å²) in [5, 5.41) is 2.31. The summed E-state index contributed by atoms with van der Waals surface area (Å²) in [6.07, 6.45) is 2.87. The van der Waals surface area contributed by atoms with E-state index in [0.717, 1.165) is 6.42 Å². The fraction of sp³-hybridized carbons (Fsp3) is 0.800. The Hall–Kier alpha value is -1.23. The molecule has 1 heterocycles. The van der Waals surface area contributed by atoms with Gasteiger partial charge in [0.2, 0.25) is 11.8 Å². The zero-order valence-corrected chi connectivity index (χ0v) is 12.1. The van der Waals surface area contributed by atoms with Gasteiger partial charge in [-0.2, -0.15) is 0 Å². The Kier molecular flexibility index (Phi) is 2.84. The molecule has 3 atom stereocenters. The summed E-state index contributed by atoms with van der Waals surface area (Å²) in [6, 6.07) is 0. The van der Waals surface area contributed by atoms with Gasteiger partial charge in [-0.25, -0.2) is 0 Å². The Morgan fingerprint density at radius 1 is 1.20 bits per heavy atom. The molecule has 5 heteroatoms. The minimum Gasteiger partial charge on any atom is -0.324 e. The van der Waals surface area contributed by atoms with Gasteiger partial charge in [-0.05, 0) is 30.1 Å². The second-order valence-electron chi connectivity index (χ2n) is 7.66. The molecule has 20 heavy (non-hydrogen) atoms. The van der Waals surface area contributed by atoms with Crippen molar-refractivity contribution in [2.24, 2.45) is 28.9 Å². The summed E-state index contributed by atoms with van der Waals surface area (Å²) in [7, 11) is 0. The van der Waals surface area contributed by atoms with Crippen LogP contribution in [0.5, 0.6) is 0 Å². The number of Topliss-reactive ketones (excluding diaryl/α,β-unsaturated/α-hetero) is 1. The third-order valence-electron chi connectivity index (χ3n) is 5.20. The Morgan fingerprint density at radius 3 is 2.40 bits per heavy atom. The van der Waals surface area contributed by atoms with Crippen molar-refractivity contribution in [3.63, 3.8) is 0 Å². The normalized spacial score (nSPS) is 40.2. The summed E-state index contributed by atoms with van der Waals surface area (Å²) in [5.41, 5.74) is 6.01. The van der Waals surface area contributed by atoms with Crippen LogP contribution >= 0.6 is 0 Å². The standard InChI is InChI=1S/C15H22N2O3/c1-14(2)6-9-13(10(18)7-14)15(9,16)5-8-3-11(19)17-12(20)4-8/h8-9,13H,3-7,16H2,1-2H3,(H,17,19,20). The quantitative estimate of drug-likeness (QED) is 0.730. The van der Waals surface area contributed by atoms with E-state index in [0.29, 0.717) is 25.7 Å². The van der Waals surface area contributed by atoms with Crippen molar-refractivity contribution in [2.75, 3.05) is 0 Å². The van der Waals surface area contributed by atoms with Crippen molar-refractivity contribution in [1.29, 1.82) is 0 Å². The molecular weight excluding hydrogens is 256 g/mol. The number of imide groups is 1. The van der Waals surface area contributed by atoms with E-state index in [4.69, 9.17) is 5.73 Å². The molecule has 0 spiro atoms. The van der Waals surface area contributed by atoms with Crippen LogP contribution < -0.4 is 11.1 Å². The number of ketones is 1. The van der Waals surface area contributed by atoms with Crippen LogP contribution in [0.2, 0.25) is 0 Å². The SMILES string of the molecule is CC1(C)CC(=O)C2C(C1)C2(N)CC1CC(=O)NC(=O)C1. The topological polar surface area (TPSA) is 89.3 Å². The van der Waals surface area contributed by atoms with Crippen LogP contribution in [-0.2, 0) is 14.4 Å². The summed E-state index contributed by atoms with van der Waals surface area (Å²) >= 11 is 0. The number of carbonyl (C=O) groups excluding carboxylic acids is 3. The zero-order valence-electron chi connectivity index (χ0n) is 12.1. The molecule has 3 N–H and O–H groups in total. The van der Waals surface area contributed by atoms with Gasteiger partial charge < -0.3 is 5.73 Å². The lowest BCUT2D eigenvalue weighted by molar-refractivity contribution is -0.135. The maximum Gasteiger partial charge on any atom is 0.226 e. The van der Waals surface area contributed by atoms with E-state index in [9.17, 15) is 14.4 Å². The first-order valence-corrected chi connectivity index (χ1v) is 7.35. The van der Waals surface area contributed by atoms with Crippen LogP contribution in [0.3, 0.4) is 0 Å². The minimum atomic E-state index is -0.479. The highest BCUT2D eigenvalue weighted by Gasteiger charge is 2.68. The molecule has 0 aromatic carbocycles. The number of amides is 2. The summed E-state index contributed by atoms with van der Waals surface area (Å²) in [4.78, 5) is 35.1. The molecule has 2 saturated carbocycles. The monoisotopic (exact) mass is 278 g/mol. The fourth-order valence-corrected chi connectivity index (χ4v) is 4.40. The molecule has 3 fully saturated rings. The first-order chi connectivity index (χ1) is 9.21. The van der Waals surface area contributed by atoms with Gasteiger partial charge in [0.1, 0.15) is 5.78 Å². The third-order valence-corrected chi connectivity index (χ3v) is 5.20. The molecule has 0 radical (unpaired) electrons. The molecule has 2 amide bonds. The molecule has 3 unspecified atom stereocenters. The van der Waals surface area contributed by atoms with Gasteiger partial charge in [0.15, 0.2) is 0 Å². The summed E-state index contributed by atoms with van der Waals surface area (Å²) < 4.78 is 0. The Morgan fingerprint density at radius 2 is 1.80 bits per heavy atom. The van der Waals surface area contributed by atoms with Gasteiger partial charge in [0, 0.05) is 30.7 Å². The lowest BCUT2D eigenvalue weighted by Gasteiger charge is -2.27. The van der Waals surface area contributed by atoms with Gasteiger partial charge in [0.05, 0.1) is 0 Å². The molecule has 1 aliphatic heterocycles. The Balaban J connectivity index is 1.71. The van der Waals surface area contributed by atoms with Crippen molar-refractivity contribution < 1.29 is 14.4 Å². The van der Waals surface area contributed by atoms with Gasteiger partial charge in [-0.15, -0.1) is 0 Å². The van der Waals surface area contributed by atoms with Crippen LogP contribution in [0.1, 0.15) is 46.0 Å². The molecule has 5 nitrogen and oxygen atoms in total. The highest BCUT2D eigenvalue weighted by atomic mass is 16.2. The number of hydrogen-bond donors (Lipinski definition) is 2. The lowest BCUT2D eigenvalue weighted by Crippen LogP contribution is -2.41. The van der Waals surface area contributed by atoms with Crippen LogP contribution in [0.4, 0.5) is 0 Å². The molecule has 1 saturated heterocycles. The van der Waals surface area contributed by atoms with Crippen LogP contribution in [0.15, 0.2) is 0 Å². The van der Waals surface area contributed by atoms with Gasteiger partial charge >= 0.3 is 0 Å². The predicted octanol–water partition coefficient (Wildman–Crippen LogP) is 0.762. The molecular formula is C15H22N2O3. The molecule has 0 aromatic rings. The lowest BCUT2D eigenvalue weighted by atomic mass is 9.77. The van der Waals surface area contributed by atoms with Gasteiger partial charge in [-0.3, -0.25) is 19.7 Å². The number of fused-ring (bicyclic) bond motifs is 1. The molecule has 3 rings (SSSR count). The average molecular weight is 278 g/mol. The van der Waals surface area contributed by atoms with Crippen LogP contribution in [0.25, 0.3) is 0 Å². The minimum absolute atomic E-state index is 0.0113. The highest BCUT2D eigenvalue weighted by molar-refractivity contribution is 5.97. The van der Waals surface area contributed by atoms with Crippen molar-refractivity contribution in [3.05, 3.63) is 0 Å². The zero-order chi connectivity index (χ0) is 14.7. The summed E-state index contributed by atoms with van der Waals surface area (Å²) in [5.74, 6) is 0.00723. The largest absolute Gasteiger partial charge is 0.324 e. The number of carbonyl (C=O) groups is 3. The van der Waals surface area contributed by atoms with Crippen LogP contribution in [0, 0.1) is 23.2 Å². The van der Waals surface area contributed by atoms with E-state index in [-0.39, 0.29) is 40.8 Å². The molecule has 0 bridgehead atoms. The highest BCUT2D eigenvalue weighted by Crippen LogP contribution is 2.62. The fourth-order valence-electron chi connectivity index (χ4n) is 4.40. The Bertz CT molecular complexity index is 483. The first kappa shape index (κ1) is 13.7. The van der Waals surface area contributed by atoms with Gasteiger partial charge in [-0.1, -0.05) is 13.8 Å². The van der Waals surface area contributed by atoms with Crippen molar-refractivity contribution in [3.8, 4) is 0 Å². The molecule has 110 valence electrons. The second-order valence-corrected chi connectivity index (χ2v) is 7.66. The maximum atomic E-state index is 12.2. The maximum absolute atomic E-state index is 12.2. The average Bonchev–Trinajstić information content (AvgIpc) is 2.78. The van der Waals surface area contributed by atoms with Crippen molar-refractivity contribution in [1.82, 2.24) is 5.32 Å². The van der Waals surface area contributed by atoms with Crippen LogP contribution in [-0.4, -0.2) is 23.1 Å². The number of rotatable bonds is 2. The Labute approximate surface area is 118 Å². The number of hydrogen-bond acceptors (Lipinski definition) is 4. The van der Waals surface area contributed by atoms with E-state index in [1.165, 1.54) is 0 Å². The van der Waals surface area contributed by atoms with E-state index in [1.54, 1.807) is 0 Å². The van der Waals surface area contributed by atoms with Gasteiger partial charge in [0.25, 0.3) is 0 Å². The van der Waals surface area contributed by atoms with Crippen molar-refractivity contribution >= 4 is 17.6 Å². The van der Waals surface area contributed by atoms with E-state index in [1.807, 2.05) is 0 Å². The smallest absolute Gasteiger partial charge is 0.226 e. The number of piperidine rings is 1. The number of nitrogens with two attached hydrogens (primary N) is 1.